The molecule has 1 rings (SSSR count). The Morgan fingerprint density at radius 3 is 1.60 bits per heavy atom. The number of benzene rings is 1. The summed E-state index contributed by atoms with van der Waals surface area (Å²) in [5, 5.41) is 14.0. The van der Waals surface area contributed by atoms with Gasteiger partial charge in [0.15, 0.2) is 0 Å². The number of hydrogen-bond acceptors (Lipinski definition) is 6. The lowest BCUT2D eigenvalue weighted by Crippen LogP contribution is -2.50. The van der Waals surface area contributed by atoms with Crippen LogP contribution in [0, 0.1) is 0 Å². The molecule has 0 spiro atoms. The van der Waals surface area contributed by atoms with E-state index in [0.29, 0.717) is 63.8 Å². The Kier molecular flexibility index (Phi) is 14.1. The van der Waals surface area contributed by atoms with Gasteiger partial charge in [-0.2, -0.15) is 4.99 Å². The highest BCUT2D eigenvalue weighted by molar-refractivity contribution is 7.78. The van der Waals surface area contributed by atoms with Crippen molar-refractivity contribution in [3.8, 4) is 0 Å². The Balaban J connectivity index is 2.96. The van der Waals surface area contributed by atoms with E-state index >= 15 is 0 Å². The fourth-order valence-electron chi connectivity index (χ4n) is 3.90. The minimum absolute atomic E-state index is 0.0997. The molecule has 0 aliphatic carbocycles. The van der Waals surface area contributed by atoms with Gasteiger partial charge in [0.25, 0.3) is 0 Å². The molecule has 1 aromatic carbocycles. The number of nitrogens with one attached hydrogen (secondary N) is 4. The lowest BCUT2D eigenvalue weighted by atomic mass is 9.83. The van der Waals surface area contributed by atoms with Gasteiger partial charge >= 0.3 is 0 Å². The standard InChI is InChI=1S/C25H37N5O4S/c1-19(31)26-14-4-11-25(12-5-15-27-20(2)32,13-6-16-28-21(3)33)30-24(34)17-22-7-9-23(10-8-22)29-18-35/h7-10H,4-6,11-17H2,1-3H3,(H,26,31)(H,27,32)(H,28,33)(H,30,34). The van der Waals surface area contributed by atoms with Crippen LogP contribution in [0.5, 0.6) is 0 Å². The molecule has 4 N–H and O–H groups in total. The summed E-state index contributed by atoms with van der Waals surface area (Å²) < 4.78 is 0. The maximum atomic E-state index is 13.1. The summed E-state index contributed by atoms with van der Waals surface area (Å²) in [5.41, 5.74) is 0.982. The Hall–Kier alpha value is -3.10. The van der Waals surface area contributed by atoms with Crippen molar-refractivity contribution in [1.82, 2.24) is 21.3 Å². The number of rotatable bonds is 16. The summed E-state index contributed by atoms with van der Waals surface area (Å²) in [6, 6.07) is 7.22. The van der Waals surface area contributed by atoms with Crippen LogP contribution in [-0.4, -0.2) is 54.0 Å². The Morgan fingerprint density at radius 2 is 1.23 bits per heavy atom. The van der Waals surface area contributed by atoms with Crippen LogP contribution in [0.4, 0.5) is 5.69 Å². The van der Waals surface area contributed by atoms with Gasteiger partial charge in [-0.1, -0.05) is 12.1 Å². The van der Waals surface area contributed by atoms with Gasteiger partial charge in [0, 0.05) is 45.9 Å². The molecule has 0 heterocycles. The van der Waals surface area contributed by atoms with Crippen molar-refractivity contribution in [2.45, 2.75) is 71.3 Å². The largest absolute Gasteiger partial charge is 0.356 e. The van der Waals surface area contributed by atoms with Gasteiger partial charge in [-0.3, -0.25) is 19.2 Å². The average Bonchev–Trinajstić information content (AvgIpc) is 2.78. The molecule has 0 aliphatic rings. The van der Waals surface area contributed by atoms with Crippen LogP contribution in [-0.2, 0) is 25.6 Å². The van der Waals surface area contributed by atoms with E-state index in [0.717, 1.165) is 5.56 Å². The molecule has 0 aliphatic heterocycles. The van der Waals surface area contributed by atoms with E-state index in [9.17, 15) is 19.2 Å². The number of carbonyl (C=O) groups excluding carboxylic acids is 4. The van der Waals surface area contributed by atoms with Crippen molar-refractivity contribution in [2.24, 2.45) is 4.99 Å². The Labute approximate surface area is 212 Å². The molecule has 1 aromatic rings. The smallest absolute Gasteiger partial charge is 0.224 e. The van der Waals surface area contributed by atoms with Gasteiger partial charge in [0.05, 0.1) is 17.3 Å². The fraction of sp³-hybridized carbons (Fsp3) is 0.560. The van der Waals surface area contributed by atoms with Crippen molar-refractivity contribution in [3.63, 3.8) is 0 Å². The van der Waals surface area contributed by atoms with E-state index < -0.39 is 5.54 Å². The minimum Gasteiger partial charge on any atom is -0.356 e. The molecule has 0 fully saturated rings. The zero-order valence-corrected chi connectivity index (χ0v) is 21.7. The first-order valence-electron chi connectivity index (χ1n) is 11.9. The lowest BCUT2D eigenvalue weighted by Gasteiger charge is -2.36. The van der Waals surface area contributed by atoms with E-state index in [1.54, 1.807) is 12.1 Å². The summed E-state index contributed by atoms with van der Waals surface area (Å²) in [4.78, 5) is 50.9. The van der Waals surface area contributed by atoms with Gasteiger partial charge in [-0.05, 0) is 68.4 Å². The monoisotopic (exact) mass is 503 g/mol. The third-order valence-electron chi connectivity index (χ3n) is 5.50. The SMILES string of the molecule is CC(=O)NCCCC(CCCNC(C)=O)(CCCNC(C)=O)NC(=O)Cc1ccc(N=C=S)cc1. The van der Waals surface area contributed by atoms with Gasteiger partial charge in [0.2, 0.25) is 23.6 Å². The molecule has 0 atom stereocenters. The maximum absolute atomic E-state index is 13.1. The minimum atomic E-state index is -0.534. The number of aliphatic imine (C=N–C) groups is 1. The average molecular weight is 504 g/mol. The Bertz CT molecular complexity index is 843. The Morgan fingerprint density at radius 1 is 0.800 bits per heavy atom. The number of amides is 4. The maximum Gasteiger partial charge on any atom is 0.224 e. The van der Waals surface area contributed by atoms with Gasteiger partial charge in [-0.25, -0.2) is 0 Å². The third kappa shape index (κ3) is 14.0. The predicted molar refractivity (Wildman–Crippen MR) is 139 cm³/mol. The van der Waals surface area contributed by atoms with Crippen molar-refractivity contribution >= 4 is 46.7 Å². The number of nitrogens with zero attached hydrogens (tertiary/aromatic N) is 1. The lowest BCUT2D eigenvalue weighted by molar-refractivity contribution is -0.123. The summed E-state index contributed by atoms with van der Waals surface area (Å²) in [7, 11) is 0. The van der Waals surface area contributed by atoms with Crippen LogP contribution in [0.15, 0.2) is 29.3 Å². The molecule has 9 nitrogen and oxygen atoms in total. The normalized spacial score (nSPS) is 10.6. The van der Waals surface area contributed by atoms with Crippen molar-refractivity contribution in [3.05, 3.63) is 29.8 Å². The summed E-state index contributed by atoms with van der Waals surface area (Å²) in [5.74, 6) is -0.415. The second-order valence-corrected chi connectivity index (χ2v) is 8.82. The highest BCUT2D eigenvalue weighted by Gasteiger charge is 2.30. The molecule has 0 saturated heterocycles. The third-order valence-corrected chi connectivity index (χ3v) is 5.59. The van der Waals surface area contributed by atoms with E-state index in [2.05, 4.69) is 43.6 Å². The number of thiocarbonyl (C=S) groups is 1. The topological polar surface area (TPSA) is 129 Å². The van der Waals surface area contributed by atoms with Crippen molar-refractivity contribution < 1.29 is 19.2 Å². The summed E-state index contributed by atoms with van der Waals surface area (Å²) in [6.07, 6.45) is 4.22. The fourth-order valence-corrected chi connectivity index (χ4v) is 4.01. The highest BCUT2D eigenvalue weighted by Crippen LogP contribution is 2.26. The van der Waals surface area contributed by atoms with Gasteiger partial charge in [0.1, 0.15) is 0 Å². The first-order chi connectivity index (χ1) is 16.7. The second-order valence-electron chi connectivity index (χ2n) is 8.63. The van der Waals surface area contributed by atoms with Crippen molar-refractivity contribution in [2.75, 3.05) is 19.6 Å². The zero-order valence-electron chi connectivity index (χ0n) is 20.9. The first kappa shape index (κ1) is 29.9. The molecule has 4 amide bonds. The summed E-state index contributed by atoms with van der Waals surface area (Å²) in [6.45, 7) is 5.93. The quantitative estimate of drug-likeness (QED) is 0.157. The van der Waals surface area contributed by atoms with Gasteiger partial charge in [-0.15, -0.1) is 0 Å². The van der Waals surface area contributed by atoms with E-state index in [4.69, 9.17) is 0 Å². The van der Waals surface area contributed by atoms with Crippen molar-refractivity contribution in [1.29, 1.82) is 0 Å². The van der Waals surface area contributed by atoms with Crippen LogP contribution in [0.3, 0.4) is 0 Å². The van der Waals surface area contributed by atoms with E-state index in [-0.39, 0.29) is 30.0 Å². The van der Waals surface area contributed by atoms with Crippen LogP contribution in [0.1, 0.15) is 64.9 Å². The molecule has 10 heteroatoms. The second kappa shape index (κ2) is 16.5. The van der Waals surface area contributed by atoms with Gasteiger partial charge < -0.3 is 21.3 Å². The molecule has 0 radical (unpaired) electrons. The highest BCUT2D eigenvalue weighted by atomic mass is 32.1. The molecule has 0 bridgehead atoms. The van der Waals surface area contributed by atoms with Crippen LogP contribution in [0.25, 0.3) is 0 Å². The van der Waals surface area contributed by atoms with Crippen LogP contribution < -0.4 is 21.3 Å². The zero-order chi connectivity index (χ0) is 26.1. The van der Waals surface area contributed by atoms with E-state index in [1.165, 1.54) is 20.8 Å². The molecule has 192 valence electrons. The number of carbonyl (C=O) groups is 4. The molecular weight excluding hydrogens is 466 g/mol. The van der Waals surface area contributed by atoms with E-state index in [1.807, 2.05) is 12.1 Å². The number of hydrogen-bond donors (Lipinski definition) is 4. The molecule has 0 saturated carbocycles. The molecule has 35 heavy (non-hydrogen) atoms. The first-order valence-corrected chi connectivity index (χ1v) is 12.3. The molecule has 0 unspecified atom stereocenters. The predicted octanol–water partition coefficient (Wildman–Crippen LogP) is 2.57. The van der Waals surface area contributed by atoms with Crippen LogP contribution in [0.2, 0.25) is 0 Å². The van der Waals surface area contributed by atoms with Crippen LogP contribution >= 0.6 is 12.2 Å². The summed E-state index contributed by atoms with van der Waals surface area (Å²) >= 11 is 4.62. The molecular formula is C25H37N5O4S. The molecule has 0 aromatic heterocycles. The number of isothiocyanates is 1.